The summed E-state index contributed by atoms with van der Waals surface area (Å²) in [5, 5.41) is 9.84. The van der Waals surface area contributed by atoms with Crippen LogP contribution in [0.2, 0.25) is 0 Å². The SMILES string of the molecule is CC(C)CCC(=O)Oc1ccc(C(C(C)C(C)OC(=O)OC2CCCCC2)[C@H](N)C(=O)O)cc1OC(=O)CCC(C)C. The van der Waals surface area contributed by atoms with Gasteiger partial charge in [0.2, 0.25) is 0 Å². The summed E-state index contributed by atoms with van der Waals surface area (Å²) in [6.07, 6.45) is 4.54. The van der Waals surface area contributed by atoms with Gasteiger partial charge in [0.25, 0.3) is 0 Å². The second kappa shape index (κ2) is 17.1. The quantitative estimate of drug-likeness (QED) is 0.174. The van der Waals surface area contributed by atoms with E-state index < -0.39 is 48.0 Å². The molecule has 2 rings (SSSR count). The zero-order valence-corrected chi connectivity index (χ0v) is 25.9. The van der Waals surface area contributed by atoms with Crippen LogP contribution in [-0.2, 0) is 23.9 Å². The highest BCUT2D eigenvalue weighted by molar-refractivity contribution is 5.77. The number of carboxylic acid groups (broad SMARTS) is 1. The number of rotatable bonds is 15. The molecule has 42 heavy (non-hydrogen) atoms. The number of hydrogen-bond acceptors (Lipinski definition) is 9. The molecular weight excluding hydrogens is 542 g/mol. The van der Waals surface area contributed by atoms with Crippen LogP contribution in [0.15, 0.2) is 18.2 Å². The molecule has 4 atom stereocenters. The van der Waals surface area contributed by atoms with Gasteiger partial charge in [-0.25, -0.2) is 4.79 Å². The predicted octanol–water partition coefficient (Wildman–Crippen LogP) is 6.38. The lowest BCUT2D eigenvalue weighted by molar-refractivity contribution is -0.140. The maximum absolute atomic E-state index is 12.7. The topological polar surface area (TPSA) is 151 Å². The number of carbonyl (C=O) groups is 4. The van der Waals surface area contributed by atoms with Gasteiger partial charge in [-0.2, -0.15) is 0 Å². The monoisotopic (exact) mass is 591 g/mol. The maximum atomic E-state index is 12.7. The number of aliphatic carboxylic acids is 1. The highest BCUT2D eigenvalue weighted by Crippen LogP contribution is 2.37. The van der Waals surface area contributed by atoms with Crippen molar-refractivity contribution in [3.63, 3.8) is 0 Å². The minimum atomic E-state index is -1.37. The average Bonchev–Trinajstić information content (AvgIpc) is 2.92. The molecule has 0 spiro atoms. The minimum absolute atomic E-state index is 0.000721. The van der Waals surface area contributed by atoms with E-state index >= 15 is 0 Å². The summed E-state index contributed by atoms with van der Waals surface area (Å²) in [7, 11) is 0. The molecule has 1 aromatic rings. The second-order valence-corrected chi connectivity index (χ2v) is 12.2. The molecule has 0 aromatic heterocycles. The molecule has 1 aliphatic rings. The Labute approximate surface area is 249 Å². The van der Waals surface area contributed by atoms with Gasteiger partial charge in [-0.1, -0.05) is 47.1 Å². The third-order valence-electron chi connectivity index (χ3n) is 7.73. The molecule has 1 aliphatic carbocycles. The summed E-state index contributed by atoms with van der Waals surface area (Å²) < 4.78 is 22.2. The highest BCUT2D eigenvalue weighted by atomic mass is 16.7. The second-order valence-electron chi connectivity index (χ2n) is 12.2. The van der Waals surface area contributed by atoms with Gasteiger partial charge >= 0.3 is 24.1 Å². The van der Waals surface area contributed by atoms with Crippen molar-refractivity contribution < 1.29 is 43.2 Å². The summed E-state index contributed by atoms with van der Waals surface area (Å²) in [5.41, 5.74) is 6.60. The number of esters is 2. The van der Waals surface area contributed by atoms with E-state index in [2.05, 4.69) is 0 Å². The third kappa shape index (κ3) is 11.6. The Balaban J connectivity index is 2.33. The minimum Gasteiger partial charge on any atom is -0.480 e. The first kappa shape index (κ1) is 35.1. The number of nitrogens with two attached hydrogens (primary N) is 1. The van der Waals surface area contributed by atoms with Crippen LogP contribution in [0.4, 0.5) is 4.79 Å². The van der Waals surface area contributed by atoms with Crippen molar-refractivity contribution in [3.8, 4) is 11.5 Å². The van der Waals surface area contributed by atoms with Crippen molar-refractivity contribution in [2.24, 2.45) is 23.5 Å². The van der Waals surface area contributed by atoms with Crippen molar-refractivity contribution in [2.45, 2.75) is 123 Å². The van der Waals surface area contributed by atoms with E-state index in [1.54, 1.807) is 19.9 Å². The largest absolute Gasteiger partial charge is 0.508 e. The Bertz CT molecular complexity index is 1050. The van der Waals surface area contributed by atoms with Crippen LogP contribution < -0.4 is 15.2 Å². The van der Waals surface area contributed by atoms with Crippen LogP contribution in [0.3, 0.4) is 0 Å². The standard InChI is InChI=1S/C32H49NO9/c1-19(2)12-16-27(34)41-25-15-14-23(18-26(25)42-28(35)17-13-20(3)4)29(30(33)31(36)37)21(5)22(6)39-32(38)40-24-10-8-7-9-11-24/h14-15,18-22,24,29-30H,7-13,16-17,33H2,1-6H3,(H,36,37)/t21?,22?,29?,30-/m0/s1. The lowest BCUT2D eigenvalue weighted by Crippen LogP contribution is -2.43. The summed E-state index contributed by atoms with van der Waals surface area (Å²) in [6.45, 7) is 11.4. The van der Waals surface area contributed by atoms with Gasteiger partial charge in [0, 0.05) is 24.7 Å². The fraction of sp³-hybridized carbons (Fsp3) is 0.688. The van der Waals surface area contributed by atoms with E-state index in [4.69, 9.17) is 24.7 Å². The molecule has 0 amide bonds. The molecule has 3 N–H and O–H groups in total. The third-order valence-corrected chi connectivity index (χ3v) is 7.73. The number of ether oxygens (including phenoxy) is 4. The van der Waals surface area contributed by atoms with Crippen LogP contribution in [0.1, 0.15) is 111 Å². The normalized spacial score (nSPS) is 16.8. The van der Waals surface area contributed by atoms with Gasteiger partial charge in [0.1, 0.15) is 18.2 Å². The summed E-state index contributed by atoms with van der Waals surface area (Å²) in [6, 6.07) is 3.18. The van der Waals surface area contributed by atoms with E-state index in [0.717, 1.165) is 32.1 Å². The zero-order chi connectivity index (χ0) is 31.4. The molecule has 10 heteroatoms. The van der Waals surface area contributed by atoms with Gasteiger partial charge in [0.05, 0.1) is 0 Å². The Hall–Kier alpha value is -3.14. The zero-order valence-electron chi connectivity index (χ0n) is 25.9. The van der Waals surface area contributed by atoms with E-state index in [9.17, 15) is 24.3 Å². The molecule has 0 bridgehead atoms. The van der Waals surface area contributed by atoms with E-state index in [-0.39, 0.29) is 36.4 Å². The fourth-order valence-electron chi connectivity index (χ4n) is 4.95. The van der Waals surface area contributed by atoms with Crippen LogP contribution in [0.5, 0.6) is 11.5 Å². The number of hydrogen-bond donors (Lipinski definition) is 2. The number of carboxylic acids is 1. The van der Waals surface area contributed by atoms with Crippen molar-refractivity contribution in [3.05, 3.63) is 23.8 Å². The lowest BCUT2D eigenvalue weighted by atomic mass is 9.79. The van der Waals surface area contributed by atoms with Gasteiger partial charge in [-0.15, -0.1) is 0 Å². The summed E-state index contributed by atoms with van der Waals surface area (Å²) in [5.74, 6) is -3.00. The van der Waals surface area contributed by atoms with E-state index in [0.29, 0.717) is 24.3 Å². The van der Waals surface area contributed by atoms with Crippen LogP contribution >= 0.6 is 0 Å². The first-order valence-electron chi connectivity index (χ1n) is 15.2. The van der Waals surface area contributed by atoms with Crippen molar-refractivity contribution in [2.75, 3.05) is 0 Å². The van der Waals surface area contributed by atoms with Crippen LogP contribution in [0.25, 0.3) is 0 Å². The Kier molecular flexibility index (Phi) is 14.3. The molecule has 10 nitrogen and oxygen atoms in total. The summed E-state index contributed by atoms with van der Waals surface area (Å²) in [4.78, 5) is 49.8. The molecule has 0 saturated heterocycles. The van der Waals surface area contributed by atoms with E-state index in [1.165, 1.54) is 12.1 Å². The molecule has 236 valence electrons. The molecule has 1 fully saturated rings. The molecule has 0 aliphatic heterocycles. The summed E-state index contributed by atoms with van der Waals surface area (Å²) >= 11 is 0. The van der Waals surface area contributed by atoms with Crippen molar-refractivity contribution >= 4 is 24.1 Å². The number of benzene rings is 1. The Morgan fingerprint density at radius 1 is 0.857 bits per heavy atom. The molecule has 1 aromatic carbocycles. The fourth-order valence-corrected chi connectivity index (χ4v) is 4.95. The highest BCUT2D eigenvalue weighted by Gasteiger charge is 2.36. The van der Waals surface area contributed by atoms with E-state index in [1.807, 2.05) is 27.7 Å². The molecular formula is C32H49NO9. The Morgan fingerprint density at radius 3 is 1.93 bits per heavy atom. The van der Waals surface area contributed by atoms with Gasteiger partial charge in [-0.3, -0.25) is 14.4 Å². The lowest BCUT2D eigenvalue weighted by Gasteiger charge is -2.32. The molecule has 3 unspecified atom stereocenters. The average molecular weight is 592 g/mol. The van der Waals surface area contributed by atoms with Crippen LogP contribution in [-0.4, -0.2) is 47.4 Å². The predicted molar refractivity (Wildman–Crippen MR) is 157 cm³/mol. The van der Waals surface area contributed by atoms with Gasteiger partial charge in [0.15, 0.2) is 11.5 Å². The van der Waals surface area contributed by atoms with Gasteiger partial charge in [-0.05, 0) is 75.0 Å². The van der Waals surface area contributed by atoms with Gasteiger partial charge < -0.3 is 29.8 Å². The van der Waals surface area contributed by atoms with Crippen molar-refractivity contribution in [1.82, 2.24) is 0 Å². The van der Waals surface area contributed by atoms with Crippen molar-refractivity contribution in [1.29, 1.82) is 0 Å². The van der Waals surface area contributed by atoms with Crippen LogP contribution in [0, 0.1) is 17.8 Å². The first-order valence-corrected chi connectivity index (χ1v) is 15.2. The Morgan fingerprint density at radius 2 is 1.40 bits per heavy atom. The molecule has 1 saturated carbocycles. The first-order chi connectivity index (χ1) is 19.8. The molecule has 0 radical (unpaired) electrons. The molecule has 0 heterocycles. The maximum Gasteiger partial charge on any atom is 0.508 e. The number of carbonyl (C=O) groups excluding carboxylic acids is 3. The smallest absolute Gasteiger partial charge is 0.480 e.